The van der Waals surface area contributed by atoms with Gasteiger partial charge >= 0.3 is 0 Å². The summed E-state index contributed by atoms with van der Waals surface area (Å²) in [4.78, 5) is 26.6. The SMILES string of the molecule is CCCCCCCCC=NC(=O)c1ccc(C(N)=O)cc1. The van der Waals surface area contributed by atoms with Crippen molar-refractivity contribution >= 4 is 18.0 Å². The molecule has 0 bridgehead atoms. The number of carbonyl (C=O) groups excluding carboxylic acids is 2. The van der Waals surface area contributed by atoms with Gasteiger partial charge < -0.3 is 5.73 Å². The molecule has 0 radical (unpaired) electrons. The lowest BCUT2D eigenvalue weighted by molar-refractivity contribution is 0.0990. The largest absolute Gasteiger partial charge is 0.366 e. The number of amides is 2. The Kier molecular flexibility index (Phi) is 8.02. The highest BCUT2D eigenvalue weighted by atomic mass is 16.1. The third kappa shape index (κ3) is 6.84. The monoisotopic (exact) mass is 288 g/mol. The first kappa shape index (κ1) is 17.1. The second-order valence-electron chi connectivity index (χ2n) is 5.11. The van der Waals surface area contributed by atoms with Crippen molar-refractivity contribution in [1.29, 1.82) is 0 Å². The Bertz CT molecular complexity index is 478. The number of nitrogens with two attached hydrogens (primary N) is 1. The minimum absolute atomic E-state index is 0.281. The molecule has 0 fully saturated rings. The van der Waals surface area contributed by atoms with Gasteiger partial charge in [0.2, 0.25) is 5.91 Å². The number of primary amides is 1. The molecule has 2 amide bonds. The summed E-state index contributed by atoms with van der Waals surface area (Å²) in [5, 5.41) is 0. The molecule has 0 atom stereocenters. The molecule has 4 nitrogen and oxygen atoms in total. The first-order valence-corrected chi connectivity index (χ1v) is 7.62. The van der Waals surface area contributed by atoms with Crippen LogP contribution in [0.25, 0.3) is 0 Å². The van der Waals surface area contributed by atoms with Crippen LogP contribution >= 0.6 is 0 Å². The molecule has 1 aromatic rings. The quantitative estimate of drug-likeness (QED) is 0.555. The van der Waals surface area contributed by atoms with Crippen LogP contribution in [0.2, 0.25) is 0 Å². The number of benzene rings is 1. The van der Waals surface area contributed by atoms with Crippen LogP contribution in [0.15, 0.2) is 29.3 Å². The first-order chi connectivity index (χ1) is 10.1. The van der Waals surface area contributed by atoms with Crippen LogP contribution in [0.1, 0.15) is 72.6 Å². The highest BCUT2D eigenvalue weighted by Gasteiger charge is 2.04. The summed E-state index contributed by atoms with van der Waals surface area (Å²) in [5.74, 6) is -0.780. The van der Waals surface area contributed by atoms with E-state index in [0.717, 1.165) is 12.8 Å². The van der Waals surface area contributed by atoms with Gasteiger partial charge in [0, 0.05) is 17.3 Å². The lowest BCUT2D eigenvalue weighted by atomic mass is 10.1. The molecule has 0 aliphatic rings. The zero-order valence-electron chi connectivity index (χ0n) is 12.7. The van der Waals surface area contributed by atoms with Gasteiger partial charge in [-0.2, -0.15) is 0 Å². The van der Waals surface area contributed by atoms with Gasteiger partial charge in [0.05, 0.1) is 0 Å². The van der Waals surface area contributed by atoms with E-state index in [-0.39, 0.29) is 5.91 Å². The third-order valence-corrected chi connectivity index (χ3v) is 3.31. The van der Waals surface area contributed by atoms with E-state index in [1.54, 1.807) is 30.5 Å². The average Bonchev–Trinajstić information content (AvgIpc) is 2.49. The van der Waals surface area contributed by atoms with Gasteiger partial charge in [0.25, 0.3) is 5.91 Å². The van der Waals surface area contributed by atoms with E-state index in [4.69, 9.17) is 5.73 Å². The normalized spacial score (nSPS) is 10.9. The zero-order valence-corrected chi connectivity index (χ0v) is 12.7. The van der Waals surface area contributed by atoms with Gasteiger partial charge in [-0.3, -0.25) is 9.59 Å². The van der Waals surface area contributed by atoms with Crippen LogP contribution in [-0.2, 0) is 0 Å². The molecule has 0 aliphatic carbocycles. The second-order valence-corrected chi connectivity index (χ2v) is 5.11. The minimum Gasteiger partial charge on any atom is -0.366 e. The van der Waals surface area contributed by atoms with Crippen LogP contribution in [0.3, 0.4) is 0 Å². The van der Waals surface area contributed by atoms with Crippen LogP contribution in [0.4, 0.5) is 0 Å². The number of nitrogens with zero attached hydrogens (tertiary/aromatic N) is 1. The summed E-state index contributed by atoms with van der Waals surface area (Å²) >= 11 is 0. The molecule has 0 saturated heterocycles. The molecule has 2 N–H and O–H groups in total. The van der Waals surface area contributed by atoms with Crippen molar-refractivity contribution in [1.82, 2.24) is 0 Å². The molecule has 0 unspecified atom stereocenters. The summed E-state index contributed by atoms with van der Waals surface area (Å²) < 4.78 is 0. The van der Waals surface area contributed by atoms with Crippen LogP contribution in [-0.4, -0.2) is 18.0 Å². The number of hydrogen-bond donors (Lipinski definition) is 1. The van der Waals surface area contributed by atoms with Gasteiger partial charge in [0.15, 0.2) is 0 Å². The molecule has 1 aromatic carbocycles. The molecular formula is C17H24N2O2. The van der Waals surface area contributed by atoms with Crippen molar-refractivity contribution in [3.8, 4) is 0 Å². The van der Waals surface area contributed by atoms with Crippen LogP contribution in [0.5, 0.6) is 0 Å². The maximum absolute atomic E-state index is 11.8. The predicted octanol–water partition coefficient (Wildman–Crippen LogP) is 3.75. The molecule has 0 heterocycles. The topological polar surface area (TPSA) is 72.5 Å². The van der Waals surface area contributed by atoms with E-state index in [1.807, 2.05) is 0 Å². The maximum atomic E-state index is 11.8. The Morgan fingerprint density at radius 2 is 1.57 bits per heavy atom. The standard InChI is InChI=1S/C17H24N2O2/c1-2-3-4-5-6-7-8-13-19-17(21)15-11-9-14(10-12-15)16(18)20/h9-13H,2-8H2,1H3,(H2,18,20). The Morgan fingerprint density at radius 1 is 1.00 bits per heavy atom. The fraction of sp³-hybridized carbons (Fsp3) is 0.471. The van der Waals surface area contributed by atoms with Gasteiger partial charge in [-0.1, -0.05) is 39.0 Å². The predicted molar refractivity (Wildman–Crippen MR) is 85.8 cm³/mol. The van der Waals surface area contributed by atoms with Gasteiger partial charge in [-0.15, -0.1) is 0 Å². The fourth-order valence-electron chi connectivity index (χ4n) is 2.02. The lowest BCUT2D eigenvalue weighted by Gasteiger charge is -1.98. The molecule has 21 heavy (non-hydrogen) atoms. The molecule has 0 aliphatic heterocycles. The van der Waals surface area contributed by atoms with E-state index >= 15 is 0 Å². The Hall–Kier alpha value is -1.97. The Morgan fingerprint density at radius 3 is 2.19 bits per heavy atom. The first-order valence-electron chi connectivity index (χ1n) is 7.62. The smallest absolute Gasteiger partial charge is 0.276 e. The van der Waals surface area contributed by atoms with E-state index in [1.165, 1.54) is 32.1 Å². The maximum Gasteiger partial charge on any atom is 0.276 e. The number of unbranched alkanes of at least 4 members (excludes halogenated alkanes) is 6. The highest BCUT2D eigenvalue weighted by molar-refractivity contribution is 6.00. The van der Waals surface area contributed by atoms with Crippen molar-refractivity contribution in [2.75, 3.05) is 0 Å². The molecular weight excluding hydrogens is 264 g/mol. The summed E-state index contributed by atoms with van der Waals surface area (Å²) in [6.45, 7) is 2.20. The van der Waals surface area contributed by atoms with Crippen molar-refractivity contribution < 1.29 is 9.59 Å². The van der Waals surface area contributed by atoms with E-state index in [2.05, 4.69) is 11.9 Å². The Labute approximate surface area is 126 Å². The molecule has 0 saturated carbocycles. The van der Waals surface area contributed by atoms with Gasteiger partial charge in [-0.25, -0.2) is 4.99 Å². The zero-order chi connectivity index (χ0) is 15.5. The summed E-state index contributed by atoms with van der Waals surface area (Å²) in [6, 6.07) is 6.23. The lowest BCUT2D eigenvalue weighted by Crippen LogP contribution is -2.10. The molecule has 4 heteroatoms. The Balaban J connectivity index is 2.29. The van der Waals surface area contributed by atoms with Gasteiger partial charge in [0.1, 0.15) is 0 Å². The third-order valence-electron chi connectivity index (χ3n) is 3.31. The average molecular weight is 288 g/mol. The number of hydrogen-bond acceptors (Lipinski definition) is 2. The van der Waals surface area contributed by atoms with Gasteiger partial charge in [-0.05, 0) is 37.1 Å². The molecule has 114 valence electrons. The van der Waals surface area contributed by atoms with Crippen molar-refractivity contribution in [3.05, 3.63) is 35.4 Å². The highest BCUT2D eigenvalue weighted by Crippen LogP contribution is 2.07. The second kappa shape index (κ2) is 9.86. The van der Waals surface area contributed by atoms with Crippen LogP contribution in [0, 0.1) is 0 Å². The van der Waals surface area contributed by atoms with Crippen molar-refractivity contribution in [3.63, 3.8) is 0 Å². The van der Waals surface area contributed by atoms with Crippen LogP contribution < -0.4 is 5.73 Å². The molecule has 1 rings (SSSR count). The number of aliphatic imine (C=N–C) groups is 1. The number of rotatable bonds is 9. The fourth-order valence-corrected chi connectivity index (χ4v) is 2.02. The molecule has 0 spiro atoms. The minimum atomic E-state index is -0.499. The van der Waals surface area contributed by atoms with Crippen molar-refractivity contribution in [2.24, 2.45) is 10.7 Å². The van der Waals surface area contributed by atoms with Crippen molar-refractivity contribution in [2.45, 2.75) is 51.9 Å². The van der Waals surface area contributed by atoms with E-state index in [0.29, 0.717) is 11.1 Å². The summed E-state index contributed by atoms with van der Waals surface area (Å²) in [7, 11) is 0. The summed E-state index contributed by atoms with van der Waals surface area (Å²) in [5.41, 5.74) is 6.01. The van der Waals surface area contributed by atoms with E-state index in [9.17, 15) is 9.59 Å². The number of carbonyl (C=O) groups is 2. The van der Waals surface area contributed by atoms with E-state index < -0.39 is 5.91 Å². The summed E-state index contributed by atoms with van der Waals surface area (Å²) in [6.07, 6.45) is 9.87. The molecule has 0 aromatic heterocycles.